The molecule has 142 valence electrons. The molecule has 0 aliphatic rings. The van der Waals surface area contributed by atoms with Crippen molar-refractivity contribution in [3.8, 4) is 17.6 Å². The van der Waals surface area contributed by atoms with Gasteiger partial charge in [0.2, 0.25) is 0 Å². The number of carbonyl (C=O) groups is 1. The second kappa shape index (κ2) is 7.13. The van der Waals surface area contributed by atoms with Gasteiger partial charge in [0.25, 0.3) is 0 Å². The summed E-state index contributed by atoms with van der Waals surface area (Å²) >= 11 is 0. The average molecular weight is 382 g/mol. The van der Waals surface area contributed by atoms with Crippen molar-refractivity contribution >= 4 is 22.5 Å². The predicted octanol–water partition coefficient (Wildman–Crippen LogP) is 4.66. The topological polar surface area (TPSA) is 105 Å². The summed E-state index contributed by atoms with van der Waals surface area (Å²) in [6, 6.07) is 15.2. The van der Waals surface area contributed by atoms with E-state index in [1.54, 1.807) is 6.20 Å². The third-order valence-corrected chi connectivity index (χ3v) is 4.82. The van der Waals surface area contributed by atoms with Crippen molar-refractivity contribution in [2.45, 2.75) is 13.8 Å². The third-order valence-electron chi connectivity index (χ3n) is 4.82. The summed E-state index contributed by atoms with van der Waals surface area (Å²) in [5.41, 5.74) is 9.64. The zero-order valence-corrected chi connectivity index (χ0v) is 16.0. The minimum Gasteiger partial charge on any atom is -0.457 e. The SMILES string of the molecule is Cc1cc(Oc2ccccc2)cc(C)c1C(=O)c1c[nH]c2ncc(C#N)c(N)c12. The van der Waals surface area contributed by atoms with Crippen LogP contribution in [0.15, 0.2) is 54.9 Å². The first-order chi connectivity index (χ1) is 14.0. The number of H-pyrrole nitrogens is 1. The van der Waals surface area contributed by atoms with Gasteiger partial charge < -0.3 is 15.5 Å². The maximum absolute atomic E-state index is 13.4. The molecule has 0 radical (unpaired) electrons. The van der Waals surface area contributed by atoms with Crippen LogP contribution >= 0.6 is 0 Å². The summed E-state index contributed by atoms with van der Waals surface area (Å²) in [4.78, 5) is 20.5. The molecule has 0 bridgehead atoms. The molecule has 0 atom stereocenters. The molecular weight excluding hydrogens is 364 g/mol. The number of hydrogen-bond acceptors (Lipinski definition) is 5. The molecular formula is C23H18N4O2. The number of para-hydroxylation sites is 1. The number of benzene rings is 2. The lowest BCUT2D eigenvalue weighted by molar-refractivity contribution is 0.103. The number of nitrogens with zero attached hydrogens (tertiary/aromatic N) is 2. The maximum Gasteiger partial charge on any atom is 0.195 e. The van der Waals surface area contributed by atoms with Crippen LogP contribution in [0.3, 0.4) is 0 Å². The van der Waals surface area contributed by atoms with Crippen molar-refractivity contribution in [2.24, 2.45) is 0 Å². The highest BCUT2D eigenvalue weighted by Gasteiger charge is 2.22. The molecule has 0 spiro atoms. The normalized spacial score (nSPS) is 10.7. The summed E-state index contributed by atoms with van der Waals surface area (Å²) < 4.78 is 5.90. The van der Waals surface area contributed by atoms with Crippen LogP contribution in [-0.2, 0) is 0 Å². The number of fused-ring (bicyclic) bond motifs is 1. The minimum atomic E-state index is -0.180. The molecule has 0 unspecified atom stereocenters. The maximum atomic E-state index is 13.4. The quantitative estimate of drug-likeness (QED) is 0.500. The monoisotopic (exact) mass is 382 g/mol. The Labute approximate surface area is 167 Å². The van der Waals surface area contributed by atoms with Gasteiger partial charge in [0.1, 0.15) is 23.2 Å². The summed E-state index contributed by atoms with van der Waals surface area (Å²) in [5, 5.41) is 9.69. The van der Waals surface area contributed by atoms with Gasteiger partial charge in [-0.15, -0.1) is 0 Å². The van der Waals surface area contributed by atoms with Crippen LogP contribution in [0.4, 0.5) is 5.69 Å². The second-order valence-corrected chi connectivity index (χ2v) is 6.80. The standard InChI is InChI=1S/C23H18N4O2/c1-13-8-17(29-16-6-4-3-5-7-16)9-14(2)19(13)22(28)18-12-27-23-20(18)21(25)15(10-24)11-26-23/h3-9,11-12H,1-2H3,(H3,25,26,27). The van der Waals surface area contributed by atoms with Gasteiger partial charge >= 0.3 is 0 Å². The van der Waals surface area contributed by atoms with E-state index in [4.69, 9.17) is 10.5 Å². The first-order valence-electron chi connectivity index (χ1n) is 9.04. The van der Waals surface area contributed by atoms with E-state index in [9.17, 15) is 10.1 Å². The molecule has 0 aliphatic heterocycles. The fraction of sp³-hybridized carbons (Fsp3) is 0.0870. The smallest absolute Gasteiger partial charge is 0.195 e. The molecule has 6 heteroatoms. The van der Waals surface area contributed by atoms with Crippen LogP contribution in [0, 0.1) is 25.2 Å². The number of aromatic nitrogens is 2. The molecule has 0 saturated carbocycles. The van der Waals surface area contributed by atoms with Gasteiger partial charge in [0.05, 0.1) is 22.2 Å². The zero-order valence-electron chi connectivity index (χ0n) is 16.0. The third kappa shape index (κ3) is 3.19. The van der Waals surface area contributed by atoms with Crippen LogP contribution in [-0.4, -0.2) is 15.8 Å². The van der Waals surface area contributed by atoms with E-state index in [1.807, 2.05) is 62.4 Å². The highest BCUT2D eigenvalue weighted by Crippen LogP contribution is 2.31. The lowest BCUT2D eigenvalue weighted by Gasteiger charge is -2.13. The van der Waals surface area contributed by atoms with Crippen molar-refractivity contribution in [3.63, 3.8) is 0 Å². The van der Waals surface area contributed by atoms with E-state index >= 15 is 0 Å². The Bertz CT molecular complexity index is 1260. The van der Waals surface area contributed by atoms with Gasteiger partial charge in [0.15, 0.2) is 5.78 Å². The van der Waals surface area contributed by atoms with Crippen molar-refractivity contribution < 1.29 is 9.53 Å². The van der Waals surface area contributed by atoms with Gasteiger partial charge in [-0.1, -0.05) is 18.2 Å². The molecule has 0 aliphatic carbocycles. The van der Waals surface area contributed by atoms with Crippen molar-refractivity contribution in [1.29, 1.82) is 5.26 Å². The predicted molar refractivity (Wildman–Crippen MR) is 111 cm³/mol. The van der Waals surface area contributed by atoms with Crippen LogP contribution in [0.25, 0.3) is 11.0 Å². The van der Waals surface area contributed by atoms with Gasteiger partial charge in [-0.2, -0.15) is 5.26 Å². The van der Waals surface area contributed by atoms with Crippen molar-refractivity contribution in [3.05, 3.63) is 82.7 Å². The number of nitrogens with one attached hydrogen (secondary N) is 1. The number of nitriles is 1. The average Bonchev–Trinajstić information content (AvgIpc) is 3.13. The lowest BCUT2D eigenvalue weighted by Crippen LogP contribution is -2.07. The van der Waals surface area contributed by atoms with Gasteiger partial charge in [-0.3, -0.25) is 4.79 Å². The molecule has 0 amide bonds. The molecule has 29 heavy (non-hydrogen) atoms. The van der Waals surface area contributed by atoms with Gasteiger partial charge in [-0.05, 0) is 49.2 Å². The number of ether oxygens (including phenoxy) is 1. The number of hydrogen-bond donors (Lipinski definition) is 2. The van der Waals surface area contributed by atoms with Crippen molar-refractivity contribution in [1.82, 2.24) is 9.97 Å². The Balaban J connectivity index is 1.77. The zero-order chi connectivity index (χ0) is 20.5. The molecule has 2 heterocycles. The first kappa shape index (κ1) is 18.3. The molecule has 3 N–H and O–H groups in total. The number of aryl methyl sites for hydroxylation is 2. The van der Waals surface area contributed by atoms with E-state index < -0.39 is 0 Å². The molecule has 4 rings (SSSR count). The highest BCUT2D eigenvalue weighted by molar-refractivity contribution is 6.19. The van der Waals surface area contributed by atoms with E-state index in [-0.39, 0.29) is 17.0 Å². The number of anilines is 1. The Morgan fingerprint density at radius 3 is 2.48 bits per heavy atom. The van der Waals surface area contributed by atoms with E-state index in [0.29, 0.717) is 27.9 Å². The second-order valence-electron chi connectivity index (χ2n) is 6.80. The molecule has 0 saturated heterocycles. The number of aromatic amines is 1. The fourth-order valence-corrected chi connectivity index (χ4v) is 3.49. The largest absolute Gasteiger partial charge is 0.457 e. The number of pyridine rings is 1. The molecule has 2 aromatic heterocycles. The lowest BCUT2D eigenvalue weighted by atomic mass is 9.94. The van der Waals surface area contributed by atoms with Crippen molar-refractivity contribution in [2.75, 3.05) is 5.73 Å². The number of ketones is 1. The summed E-state index contributed by atoms with van der Waals surface area (Å²) in [6.07, 6.45) is 2.99. The van der Waals surface area contributed by atoms with Gasteiger partial charge in [0, 0.05) is 18.0 Å². The molecule has 2 aromatic carbocycles. The number of carbonyl (C=O) groups excluding carboxylic acids is 1. The number of rotatable bonds is 4. The van der Waals surface area contributed by atoms with E-state index in [2.05, 4.69) is 9.97 Å². The fourth-order valence-electron chi connectivity index (χ4n) is 3.49. The highest BCUT2D eigenvalue weighted by atomic mass is 16.5. The van der Waals surface area contributed by atoms with Gasteiger partial charge in [-0.25, -0.2) is 4.98 Å². The van der Waals surface area contributed by atoms with E-state index in [0.717, 1.165) is 16.9 Å². The van der Waals surface area contributed by atoms with Crippen LogP contribution in [0.2, 0.25) is 0 Å². The van der Waals surface area contributed by atoms with Crippen LogP contribution in [0.5, 0.6) is 11.5 Å². The Kier molecular flexibility index (Phi) is 4.49. The Hall–Kier alpha value is -4.11. The number of nitrogens with two attached hydrogens (primary N) is 1. The molecule has 6 nitrogen and oxygen atoms in total. The summed E-state index contributed by atoms with van der Waals surface area (Å²) in [7, 11) is 0. The first-order valence-corrected chi connectivity index (χ1v) is 9.04. The molecule has 0 fully saturated rings. The summed E-state index contributed by atoms with van der Waals surface area (Å²) in [6.45, 7) is 3.74. The summed E-state index contributed by atoms with van der Waals surface area (Å²) in [5.74, 6) is 1.21. The van der Waals surface area contributed by atoms with Crippen LogP contribution in [0.1, 0.15) is 32.6 Å². The van der Waals surface area contributed by atoms with E-state index in [1.165, 1.54) is 6.20 Å². The Morgan fingerprint density at radius 2 is 1.83 bits per heavy atom. The molecule has 4 aromatic rings. The van der Waals surface area contributed by atoms with Crippen LogP contribution < -0.4 is 10.5 Å². The Morgan fingerprint density at radius 1 is 1.14 bits per heavy atom. The number of nitrogen functional groups attached to an aromatic ring is 1. The minimum absolute atomic E-state index is 0.180.